The number of nitrogens with zero attached hydrogens (tertiary/aromatic N) is 2. The number of hydrogen-bond acceptors (Lipinski definition) is 6. The number of hydrogen-bond donors (Lipinski definition) is 3. The Morgan fingerprint density at radius 1 is 1.32 bits per heavy atom. The first-order valence-electron chi connectivity index (χ1n) is 6.61. The molecular weight excluding hydrogens is 314 g/mol. The fourth-order valence-electron chi connectivity index (χ4n) is 1.84. The number of benzene rings is 1. The van der Waals surface area contributed by atoms with E-state index in [0.717, 1.165) is 25.2 Å². The van der Waals surface area contributed by atoms with Crippen LogP contribution < -0.4 is 5.32 Å². The number of nitrogens with one attached hydrogen (secondary N) is 1. The van der Waals surface area contributed by atoms with Crippen molar-refractivity contribution in [1.82, 2.24) is 10.2 Å². The van der Waals surface area contributed by atoms with Gasteiger partial charge in [-0.1, -0.05) is 13.8 Å². The largest absolute Gasteiger partial charge is 0.504 e. The Morgan fingerprint density at radius 2 is 1.91 bits per heavy atom. The molecule has 1 rings (SSSR count). The van der Waals surface area contributed by atoms with E-state index in [-0.39, 0.29) is 18.0 Å². The third-order valence-corrected chi connectivity index (χ3v) is 3.14. The highest BCUT2D eigenvalue weighted by Crippen LogP contribution is 2.35. The molecule has 0 unspecified atom stereocenters. The number of halogens is 1. The van der Waals surface area contributed by atoms with Crippen molar-refractivity contribution >= 4 is 24.0 Å². The average Bonchev–Trinajstić information content (AvgIpc) is 2.45. The second-order valence-electron chi connectivity index (χ2n) is 4.40. The van der Waals surface area contributed by atoms with Crippen molar-refractivity contribution in [2.75, 3.05) is 26.2 Å². The standard InChI is InChI=1S/C13H19N3O5.ClH/c1-3-15(4-2)6-5-14-13(19)9-7-10(16(20)21)12(18)11(17)8-9;/h7-8,17-18H,3-6H2,1-2H3,(H,14,19);1H. The van der Waals surface area contributed by atoms with E-state index in [1.165, 1.54) is 0 Å². The van der Waals surface area contributed by atoms with Crippen molar-refractivity contribution in [3.8, 4) is 11.5 Å². The first-order chi connectivity index (χ1) is 9.90. The van der Waals surface area contributed by atoms with Gasteiger partial charge in [-0.25, -0.2) is 0 Å². The minimum absolute atomic E-state index is 0. The van der Waals surface area contributed by atoms with Gasteiger partial charge in [0, 0.05) is 19.2 Å². The molecule has 0 heterocycles. The molecule has 0 aliphatic carbocycles. The van der Waals surface area contributed by atoms with Crippen molar-refractivity contribution in [2.45, 2.75) is 13.8 Å². The van der Waals surface area contributed by atoms with Crippen molar-refractivity contribution in [2.24, 2.45) is 0 Å². The molecule has 0 spiro atoms. The lowest BCUT2D eigenvalue weighted by Crippen LogP contribution is -2.34. The van der Waals surface area contributed by atoms with E-state index in [2.05, 4.69) is 10.2 Å². The number of aromatic hydroxyl groups is 2. The van der Waals surface area contributed by atoms with Gasteiger partial charge in [-0.15, -0.1) is 12.4 Å². The summed E-state index contributed by atoms with van der Waals surface area (Å²) in [4.78, 5) is 23.9. The predicted molar refractivity (Wildman–Crippen MR) is 83.8 cm³/mol. The van der Waals surface area contributed by atoms with E-state index >= 15 is 0 Å². The highest BCUT2D eigenvalue weighted by molar-refractivity contribution is 5.95. The van der Waals surface area contributed by atoms with Crippen LogP contribution in [0.4, 0.5) is 5.69 Å². The molecule has 9 heteroatoms. The third kappa shape index (κ3) is 5.05. The Balaban J connectivity index is 0.00000441. The summed E-state index contributed by atoms with van der Waals surface area (Å²) < 4.78 is 0. The van der Waals surface area contributed by atoms with Crippen LogP contribution >= 0.6 is 12.4 Å². The monoisotopic (exact) mass is 333 g/mol. The molecule has 1 aromatic carbocycles. The minimum Gasteiger partial charge on any atom is -0.504 e. The van der Waals surface area contributed by atoms with Gasteiger partial charge in [-0.2, -0.15) is 0 Å². The summed E-state index contributed by atoms with van der Waals surface area (Å²) in [5.74, 6) is -2.08. The van der Waals surface area contributed by atoms with Gasteiger partial charge in [0.1, 0.15) is 0 Å². The minimum atomic E-state index is -0.859. The maximum absolute atomic E-state index is 11.9. The Labute approximate surface area is 134 Å². The van der Waals surface area contributed by atoms with E-state index in [1.807, 2.05) is 13.8 Å². The van der Waals surface area contributed by atoms with Crippen LogP contribution in [0.15, 0.2) is 12.1 Å². The van der Waals surface area contributed by atoms with Crippen molar-refractivity contribution in [1.29, 1.82) is 0 Å². The van der Waals surface area contributed by atoms with E-state index in [4.69, 9.17) is 0 Å². The van der Waals surface area contributed by atoms with Gasteiger partial charge in [-0.3, -0.25) is 14.9 Å². The van der Waals surface area contributed by atoms with Gasteiger partial charge in [0.05, 0.1) is 10.5 Å². The highest BCUT2D eigenvalue weighted by atomic mass is 35.5. The zero-order chi connectivity index (χ0) is 16.0. The van der Waals surface area contributed by atoms with Gasteiger partial charge in [-0.05, 0) is 19.2 Å². The smallest absolute Gasteiger partial charge is 0.315 e. The number of phenols is 2. The first-order valence-corrected chi connectivity index (χ1v) is 6.61. The van der Waals surface area contributed by atoms with Gasteiger partial charge in [0.2, 0.25) is 5.75 Å². The summed E-state index contributed by atoms with van der Waals surface area (Å²) in [5, 5.41) is 32.1. The number of nitro groups is 1. The number of carbonyl (C=O) groups excluding carboxylic acids is 1. The Kier molecular flexibility index (Phi) is 8.21. The lowest BCUT2D eigenvalue weighted by Gasteiger charge is -2.17. The zero-order valence-corrected chi connectivity index (χ0v) is 13.2. The fourth-order valence-corrected chi connectivity index (χ4v) is 1.84. The molecule has 0 aliphatic heterocycles. The Hall–Kier alpha value is -2.06. The van der Waals surface area contributed by atoms with E-state index in [9.17, 15) is 25.1 Å². The average molecular weight is 334 g/mol. The molecule has 1 aromatic rings. The Bertz CT molecular complexity index is 535. The van der Waals surface area contributed by atoms with Crippen molar-refractivity contribution < 1.29 is 19.9 Å². The number of amides is 1. The fraction of sp³-hybridized carbons (Fsp3) is 0.462. The van der Waals surface area contributed by atoms with Gasteiger partial charge < -0.3 is 20.4 Å². The molecule has 0 saturated carbocycles. The van der Waals surface area contributed by atoms with Crippen LogP contribution in [0.3, 0.4) is 0 Å². The maximum Gasteiger partial charge on any atom is 0.315 e. The topological polar surface area (TPSA) is 116 Å². The molecule has 0 radical (unpaired) electrons. The van der Waals surface area contributed by atoms with Crippen LogP contribution in [0.5, 0.6) is 11.5 Å². The van der Waals surface area contributed by atoms with Crippen molar-refractivity contribution in [3.63, 3.8) is 0 Å². The summed E-state index contributed by atoms with van der Waals surface area (Å²) in [6.07, 6.45) is 0. The van der Waals surface area contributed by atoms with Crippen LogP contribution in [0.2, 0.25) is 0 Å². The summed E-state index contributed by atoms with van der Waals surface area (Å²) in [5.41, 5.74) is -0.777. The van der Waals surface area contributed by atoms with E-state index < -0.39 is 28.0 Å². The quantitative estimate of drug-likeness (QED) is 0.395. The second-order valence-corrected chi connectivity index (χ2v) is 4.40. The van der Waals surface area contributed by atoms with E-state index in [1.54, 1.807) is 0 Å². The summed E-state index contributed by atoms with van der Waals surface area (Å²) in [7, 11) is 0. The molecule has 0 fully saturated rings. The molecule has 0 aromatic heterocycles. The van der Waals surface area contributed by atoms with Crippen LogP contribution in [0, 0.1) is 10.1 Å². The number of rotatable bonds is 7. The molecule has 8 nitrogen and oxygen atoms in total. The zero-order valence-electron chi connectivity index (χ0n) is 12.4. The normalized spacial score (nSPS) is 10.1. The molecule has 124 valence electrons. The molecule has 0 atom stereocenters. The van der Waals surface area contributed by atoms with E-state index in [0.29, 0.717) is 13.1 Å². The molecule has 1 amide bonds. The number of likely N-dealkylation sites (N-methyl/N-ethyl adjacent to an activating group) is 1. The molecule has 0 bridgehead atoms. The van der Waals surface area contributed by atoms with Crippen molar-refractivity contribution in [3.05, 3.63) is 27.8 Å². The van der Waals surface area contributed by atoms with Gasteiger partial charge in [0.15, 0.2) is 5.75 Å². The molecule has 22 heavy (non-hydrogen) atoms. The first kappa shape index (κ1) is 19.9. The predicted octanol–water partition coefficient (Wildman–Crippen LogP) is 1.50. The van der Waals surface area contributed by atoms with Crippen LogP contribution in [-0.4, -0.2) is 52.1 Å². The molecule has 0 saturated heterocycles. The number of carbonyl (C=O) groups is 1. The van der Waals surface area contributed by atoms with Gasteiger partial charge in [0.25, 0.3) is 5.91 Å². The molecular formula is C13H20ClN3O5. The van der Waals surface area contributed by atoms with Crippen LogP contribution in [-0.2, 0) is 0 Å². The summed E-state index contributed by atoms with van der Waals surface area (Å²) >= 11 is 0. The molecule has 3 N–H and O–H groups in total. The lowest BCUT2D eigenvalue weighted by molar-refractivity contribution is -0.386. The summed E-state index contributed by atoms with van der Waals surface area (Å²) in [6.45, 7) is 6.77. The maximum atomic E-state index is 11.9. The van der Waals surface area contributed by atoms with Crippen LogP contribution in [0.1, 0.15) is 24.2 Å². The SMILES string of the molecule is CCN(CC)CCNC(=O)c1cc(O)c(O)c([N+](=O)[O-])c1.Cl. The Morgan fingerprint density at radius 3 is 2.41 bits per heavy atom. The molecule has 0 aliphatic rings. The lowest BCUT2D eigenvalue weighted by atomic mass is 10.1. The van der Waals surface area contributed by atoms with Gasteiger partial charge >= 0.3 is 5.69 Å². The third-order valence-electron chi connectivity index (χ3n) is 3.14. The number of phenolic OH excluding ortho intramolecular Hbond substituents is 2. The van der Waals surface area contributed by atoms with Crippen LogP contribution in [0.25, 0.3) is 0 Å². The number of nitro benzene ring substituents is 1. The summed E-state index contributed by atoms with van der Waals surface area (Å²) in [6, 6.07) is 1.93. The highest BCUT2D eigenvalue weighted by Gasteiger charge is 2.21. The second kappa shape index (κ2) is 9.06.